The van der Waals surface area contributed by atoms with E-state index < -0.39 is 5.60 Å². The van der Waals surface area contributed by atoms with Gasteiger partial charge in [0.05, 0.1) is 46.5 Å². The molecule has 1 aliphatic heterocycles. The van der Waals surface area contributed by atoms with E-state index in [1.165, 1.54) is 6.33 Å². The van der Waals surface area contributed by atoms with Crippen molar-refractivity contribution in [3.63, 3.8) is 0 Å². The number of methoxy groups -OCH3 is 5. The first-order chi connectivity index (χ1) is 16.0. The number of anilines is 1. The van der Waals surface area contributed by atoms with E-state index in [0.29, 0.717) is 60.2 Å². The zero-order valence-electron chi connectivity index (χ0n) is 19.5. The van der Waals surface area contributed by atoms with Crippen LogP contribution in [0.5, 0.6) is 28.7 Å². The molecule has 0 amide bonds. The number of benzene rings is 2. The van der Waals surface area contributed by atoms with Crippen molar-refractivity contribution in [1.82, 2.24) is 9.97 Å². The van der Waals surface area contributed by atoms with Gasteiger partial charge in [-0.15, -0.1) is 0 Å². The molecular formula is C24H29N3O6. The maximum Gasteiger partial charge on any atom is 0.205 e. The van der Waals surface area contributed by atoms with Crippen LogP contribution in [0.25, 0.3) is 10.9 Å². The van der Waals surface area contributed by atoms with E-state index in [1.807, 2.05) is 24.3 Å². The Morgan fingerprint density at radius 2 is 1.45 bits per heavy atom. The third kappa shape index (κ3) is 3.93. The molecule has 1 saturated heterocycles. The Hall–Kier alpha value is -3.46. The van der Waals surface area contributed by atoms with E-state index in [4.69, 9.17) is 23.7 Å². The fourth-order valence-electron chi connectivity index (χ4n) is 4.41. The number of piperidine rings is 1. The van der Waals surface area contributed by atoms with Crippen LogP contribution < -0.4 is 28.6 Å². The van der Waals surface area contributed by atoms with Gasteiger partial charge in [0, 0.05) is 13.1 Å². The monoisotopic (exact) mass is 455 g/mol. The van der Waals surface area contributed by atoms with Gasteiger partial charge in [0.2, 0.25) is 5.75 Å². The minimum absolute atomic E-state index is 0.485. The molecule has 9 nitrogen and oxygen atoms in total. The molecule has 0 aliphatic carbocycles. The fraction of sp³-hybridized carbons (Fsp3) is 0.417. The Kier molecular flexibility index (Phi) is 6.33. The quantitative estimate of drug-likeness (QED) is 0.576. The maximum atomic E-state index is 11.4. The lowest BCUT2D eigenvalue weighted by molar-refractivity contribution is 0.0115. The van der Waals surface area contributed by atoms with Crippen LogP contribution in [0.4, 0.5) is 5.82 Å². The number of aliphatic hydroxyl groups is 1. The topological polar surface area (TPSA) is 95.4 Å². The second-order valence-corrected chi connectivity index (χ2v) is 7.83. The normalized spacial score (nSPS) is 15.3. The molecular weight excluding hydrogens is 426 g/mol. The van der Waals surface area contributed by atoms with Crippen molar-refractivity contribution in [3.05, 3.63) is 36.2 Å². The molecule has 9 heteroatoms. The number of aromatic nitrogens is 2. The summed E-state index contributed by atoms with van der Waals surface area (Å²) in [5.74, 6) is 3.51. The van der Waals surface area contributed by atoms with Crippen LogP contribution in [0, 0.1) is 0 Å². The van der Waals surface area contributed by atoms with Gasteiger partial charge in [-0.3, -0.25) is 0 Å². The Morgan fingerprint density at radius 1 is 0.788 bits per heavy atom. The standard InChI is InChI=1S/C24H29N3O6/c1-29-17-7-6-15(12-18(17)30-2)24(28)8-10-27(11-9-24)23-16-13-19(31-3)21(32-4)22(33-5)20(16)25-14-26-23/h6-7,12-14,28H,8-11H2,1-5H3. The summed E-state index contributed by atoms with van der Waals surface area (Å²) >= 11 is 0. The van der Waals surface area contributed by atoms with Crippen molar-refractivity contribution >= 4 is 16.7 Å². The molecule has 0 unspecified atom stereocenters. The van der Waals surface area contributed by atoms with Gasteiger partial charge in [0.1, 0.15) is 17.7 Å². The summed E-state index contributed by atoms with van der Waals surface area (Å²) in [5, 5.41) is 12.2. The molecule has 0 bridgehead atoms. The second-order valence-electron chi connectivity index (χ2n) is 7.83. The van der Waals surface area contributed by atoms with Gasteiger partial charge in [-0.2, -0.15) is 0 Å². The van der Waals surface area contributed by atoms with Gasteiger partial charge < -0.3 is 33.7 Å². The molecule has 0 spiro atoms. The van der Waals surface area contributed by atoms with Gasteiger partial charge in [-0.25, -0.2) is 9.97 Å². The summed E-state index contributed by atoms with van der Waals surface area (Å²) < 4.78 is 27.3. The van der Waals surface area contributed by atoms with Crippen LogP contribution in [-0.2, 0) is 5.60 Å². The van der Waals surface area contributed by atoms with E-state index in [1.54, 1.807) is 35.5 Å². The lowest BCUT2D eigenvalue weighted by Crippen LogP contribution is -2.43. The maximum absolute atomic E-state index is 11.4. The molecule has 2 aromatic carbocycles. The summed E-state index contributed by atoms with van der Waals surface area (Å²) in [5.41, 5.74) is 0.471. The van der Waals surface area contributed by atoms with Crippen LogP contribution in [0.3, 0.4) is 0 Å². The number of ether oxygens (including phenoxy) is 5. The number of nitrogens with zero attached hydrogens (tertiary/aromatic N) is 3. The van der Waals surface area contributed by atoms with Crippen molar-refractivity contribution in [3.8, 4) is 28.7 Å². The largest absolute Gasteiger partial charge is 0.493 e. The molecule has 1 fully saturated rings. The third-order valence-corrected chi connectivity index (χ3v) is 6.22. The zero-order valence-corrected chi connectivity index (χ0v) is 19.5. The summed E-state index contributed by atoms with van der Waals surface area (Å²) in [4.78, 5) is 11.1. The highest BCUT2D eigenvalue weighted by Gasteiger charge is 2.36. The fourth-order valence-corrected chi connectivity index (χ4v) is 4.41. The minimum Gasteiger partial charge on any atom is -0.493 e. The van der Waals surface area contributed by atoms with E-state index in [-0.39, 0.29) is 0 Å². The zero-order chi connectivity index (χ0) is 23.6. The second kappa shape index (κ2) is 9.19. The smallest absolute Gasteiger partial charge is 0.205 e. The molecule has 176 valence electrons. The Balaban J connectivity index is 1.66. The molecule has 2 heterocycles. The van der Waals surface area contributed by atoms with Gasteiger partial charge >= 0.3 is 0 Å². The van der Waals surface area contributed by atoms with Crippen molar-refractivity contribution in [2.75, 3.05) is 53.5 Å². The number of hydrogen-bond acceptors (Lipinski definition) is 9. The number of fused-ring (bicyclic) bond motifs is 1. The molecule has 4 rings (SSSR count). The van der Waals surface area contributed by atoms with E-state index in [2.05, 4.69) is 14.9 Å². The lowest BCUT2D eigenvalue weighted by Gasteiger charge is -2.39. The highest BCUT2D eigenvalue weighted by atomic mass is 16.5. The van der Waals surface area contributed by atoms with Gasteiger partial charge in [-0.05, 0) is 36.6 Å². The SMILES string of the molecule is COc1ccc(C2(O)CCN(c3ncnc4c(OC)c(OC)c(OC)cc34)CC2)cc1OC. The predicted molar refractivity (Wildman–Crippen MR) is 124 cm³/mol. The van der Waals surface area contributed by atoms with Crippen molar-refractivity contribution in [2.24, 2.45) is 0 Å². The first kappa shape index (κ1) is 22.7. The van der Waals surface area contributed by atoms with E-state index >= 15 is 0 Å². The summed E-state index contributed by atoms with van der Waals surface area (Å²) in [6.07, 6.45) is 2.57. The predicted octanol–water partition coefficient (Wildman–Crippen LogP) is 3.16. The Morgan fingerprint density at radius 3 is 2.06 bits per heavy atom. The highest BCUT2D eigenvalue weighted by Crippen LogP contribution is 2.45. The molecule has 0 radical (unpaired) electrons. The number of rotatable bonds is 7. The average Bonchev–Trinajstić information content (AvgIpc) is 2.87. The van der Waals surface area contributed by atoms with Crippen molar-refractivity contribution in [2.45, 2.75) is 18.4 Å². The molecule has 1 aliphatic rings. The van der Waals surface area contributed by atoms with Crippen LogP contribution in [0.2, 0.25) is 0 Å². The van der Waals surface area contributed by atoms with Gasteiger partial charge in [0.15, 0.2) is 23.0 Å². The Bertz CT molecular complexity index is 1140. The van der Waals surface area contributed by atoms with E-state index in [9.17, 15) is 5.11 Å². The highest BCUT2D eigenvalue weighted by molar-refractivity contribution is 5.97. The summed E-state index contributed by atoms with van der Waals surface area (Å²) in [6.45, 7) is 1.21. The van der Waals surface area contributed by atoms with E-state index in [0.717, 1.165) is 16.8 Å². The molecule has 0 atom stereocenters. The van der Waals surface area contributed by atoms with Crippen LogP contribution in [0.1, 0.15) is 18.4 Å². The Labute approximate surface area is 192 Å². The molecule has 1 N–H and O–H groups in total. The van der Waals surface area contributed by atoms with Crippen LogP contribution in [-0.4, -0.2) is 63.7 Å². The molecule has 33 heavy (non-hydrogen) atoms. The molecule has 3 aromatic rings. The van der Waals surface area contributed by atoms with Crippen molar-refractivity contribution in [1.29, 1.82) is 0 Å². The first-order valence-electron chi connectivity index (χ1n) is 10.6. The van der Waals surface area contributed by atoms with Crippen LogP contribution in [0.15, 0.2) is 30.6 Å². The molecule has 1 aromatic heterocycles. The van der Waals surface area contributed by atoms with Crippen molar-refractivity contribution < 1.29 is 28.8 Å². The third-order valence-electron chi connectivity index (χ3n) is 6.22. The first-order valence-corrected chi connectivity index (χ1v) is 10.6. The molecule has 0 saturated carbocycles. The van der Waals surface area contributed by atoms with Gasteiger partial charge in [-0.1, -0.05) is 6.07 Å². The minimum atomic E-state index is -0.975. The lowest BCUT2D eigenvalue weighted by atomic mass is 9.84. The van der Waals surface area contributed by atoms with Gasteiger partial charge in [0.25, 0.3) is 0 Å². The average molecular weight is 456 g/mol. The number of hydrogen-bond donors (Lipinski definition) is 1. The van der Waals surface area contributed by atoms with Crippen LogP contribution >= 0.6 is 0 Å². The summed E-state index contributed by atoms with van der Waals surface area (Å²) in [7, 11) is 7.90. The summed E-state index contributed by atoms with van der Waals surface area (Å²) in [6, 6.07) is 7.42.